The van der Waals surface area contributed by atoms with Crippen LogP contribution in [-0.2, 0) is 0 Å². The molecule has 1 aliphatic rings. The zero-order valence-electron chi connectivity index (χ0n) is 8.04. The van der Waals surface area contributed by atoms with E-state index in [4.69, 9.17) is 5.11 Å². The quantitative estimate of drug-likeness (QED) is 0.742. The summed E-state index contributed by atoms with van der Waals surface area (Å²) in [5, 5.41) is 10.8. The van der Waals surface area contributed by atoms with E-state index >= 15 is 0 Å². The Morgan fingerprint density at radius 1 is 1.80 bits per heavy atom. The minimum Gasteiger partial charge on any atom is -0.465 e. The van der Waals surface area contributed by atoms with Crippen molar-refractivity contribution in [2.75, 3.05) is 6.54 Å². The van der Waals surface area contributed by atoms with Crippen molar-refractivity contribution in [3.63, 3.8) is 0 Å². The Morgan fingerprint density at radius 3 is 3.00 bits per heavy atom. The summed E-state index contributed by atoms with van der Waals surface area (Å²) in [7, 11) is 0. The fourth-order valence-corrected chi connectivity index (χ4v) is 2.42. The van der Waals surface area contributed by atoms with Gasteiger partial charge in [-0.3, -0.25) is 4.90 Å². The van der Waals surface area contributed by atoms with Gasteiger partial charge < -0.3 is 5.11 Å². The summed E-state index contributed by atoms with van der Waals surface area (Å²) in [6.07, 6.45) is 1.03. The fourth-order valence-electron chi connectivity index (χ4n) is 1.58. The average molecular weight is 242 g/mol. The Balaban J connectivity index is 2.21. The summed E-state index contributed by atoms with van der Waals surface area (Å²) in [6, 6.07) is -0.0810. The number of carboxylic acid groups (broad SMARTS) is 1. The molecule has 1 N–H and O–H groups in total. The highest BCUT2D eigenvalue weighted by Crippen LogP contribution is 2.26. The van der Waals surface area contributed by atoms with Gasteiger partial charge in [0.15, 0.2) is 0 Å². The number of aromatic nitrogens is 1. The van der Waals surface area contributed by atoms with Gasteiger partial charge in [-0.15, -0.1) is 24.0 Å². The Labute approximate surface area is 96.7 Å². The number of hydrogen-bond donors (Lipinski definition) is 2. The summed E-state index contributed by atoms with van der Waals surface area (Å²) in [6.45, 7) is 2.27. The minimum atomic E-state index is -0.893. The van der Waals surface area contributed by atoms with Crippen LogP contribution in [0.2, 0.25) is 0 Å². The van der Waals surface area contributed by atoms with Crippen LogP contribution in [0, 0.1) is 0 Å². The van der Waals surface area contributed by atoms with E-state index in [2.05, 4.69) is 17.6 Å². The van der Waals surface area contributed by atoms with Gasteiger partial charge in [0, 0.05) is 5.38 Å². The third kappa shape index (κ3) is 2.00. The van der Waals surface area contributed by atoms with Crippen LogP contribution >= 0.6 is 24.0 Å². The van der Waals surface area contributed by atoms with Crippen molar-refractivity contribution in [1.29, 1.82) is 0 Å². The zero-order chi connectivity index (χ0) is 11.0. The number of rotatable bonds is 1. The second kappa shape index (κ2) is 3.86. The Hall–Kier alpha value is -1.01. The predicted octanol–water partition coefficient (Wildman–Crippen LogP) is 2.20. The van der Waals surface area contributed by atoms with Gasteiger partial charge in [0.05, 0.1) is 18.3 Å². The van der Waals surface area contributed by atoms with Gasteiger partial charge in [0.2, 0.25) is 0 Å². The van der Waals surface area contributed by atoms with Crippen LogP contribution in [0.25, 0.3) is 5.57 Å². The molecule has 1 amide bonds. The monoisotopic (exact) mass is 242 g/mol. The van der Waals surface area contributed by atoms with E-state index in [1.807, 2.05) is 18.4 Å². The highest BCUT2D eigenvalue weighted by Gasteiger charge is 2.26. The molecule has 0 saturated heterocycles. The Morgan fingerprint density at radius 2 is 2.53 bits per heavy atom. The molecular formula is C9H10N2O2S2. The van der Waals surface area contributed by atoms with Crippen LogP contribution < -0.4 is 0 Å². The summed E-state index contributed by atoms with van der Waals surface area (Å²) in [5.74, 6) is 0. The van der Waals surface area contributed by atoms with Gasteiger partial charge in [-0.1, -0.05) is 6.08 Å². The third-order valence-electron chi connectivity index (χ3n) is 2.34. The van der Waals surface area contributed by atoms with Crippen LogP contribution in [0.5, 0.6) is 0 Å². The zero-order valence-corrected chi connectivity index (χ0v) is 9.76. The normalized spacial score (nSPS) is 20.5. The van der Waals surface area contributed by atoms with Gasteiger partial charge in [0.1, 0.15) is 4.34 Å². The molecule has 0 unspecified atom stereocenters. The SMILES string of the molecule is C[C@H]1C=C(c2csc(S)n2)CN1C(=O)O. The molecule has 0 radical (unpaired) electrons. The number of thiol groups is 1. The van der Waals surface area contributed by atoms with Gasteiger partial charge >= 0.3 is 6.09 Å². The topological polar surface area (TPSA) is 53.4 Å². The standard InChI is InChI=1S/C9H10N2O2S2/c1-5-2-6(3-11(5)9(12)13)7-4-15-8(14)10-7/h2,4-5H,3H2,1H3,(H,10,14)(H,12,13)/t5-/m0/s1. The van der Waals surface area contributed by atoms with E-state index in [0.29, 0.717) is 10.9 Å². The number of hydrogen-bond acceptors (Lipinski definition) is 4. The van der Waals surface area contributed by atoms with Crippen molar-refractivity contribution >= 4 is 35.6 Å². The lowest BCUT2D eigenvalue weighted by atomic mass is 10.2. The lowest BCUT2D eigenvalue weighted by Gasteiger charge is -2.16. The molecule has 80 valence electrons. The predicted molar refractivity (Wildman–Crippen MR) is 61.5 cm³/mol. The van der Waals surface area contributed by atoms with Gasteiger partial charge in [0.25, 0.3) is 0 Å². The highest BCUT2D eigenvalue weighted by molar-refractivity contribution is 7.82. The lowest BCUT2D eigenvalue weighted by Crippen LogP contribution is -2.33. The van der Waals surface area contributed by atoms with Gasteiger partial charge in [-0.05, 0) is 12.5 Å². The van der Waals surface area contributed by atoms with Crippen LogP contribution in [0.15, 0.2) is 15.8 Å². The highest BCUT2D eigenvalue weighted by atomic mass is 32.2. The maximum Gasteiger partial charge on any atom is 0.408 e. The molecule has 0 spiro atoms. The first-order chi connectivity index (χ1) is 7.08. The molecule has 6 heteroatoms. The maximum atomic E-state index is 10.9. The van der Waals surface area contributed by atoms with Crippen molar-refractivity contribution in [3.05, 3.63) is 17.2 Å². The number of nitrogens with zero attached hydrogens (tertiary/aromatic N) is 2. The first-order valence-corrected chi connectivity index (χ1v) is 5.75. The largest absolute Gasteiger partial charge is 0.465 e. The molecule has 1 aromatic rings. The van der Waals surface area contributed by atoms with Crippen molar-refractivity contribution in [2.24, 2.45) is 0 Å². The van der Waals surface area contributed by atoms with Gasteiger partial charge in [-0.2, -0.15) is 0 Å². The molecule has 4 nitrogen and oxygen atoms in total. The van der Waals surface area contributed by atoms with Crippen molar-refractivity contribution in [2.45, 2.75) is 17.3 Å². The molecule has 15 heavy (non-hydrogen) atoms. The van der Waals surface area contributed by atoms with E-state index in [0.717, 1.165) is 11.3 Å². The number of carbonyl (C=O) groups is 1. The van der Waals surface area contributed by atoms with E-state index in [1.165, 1.54) is 16.2 Å². The molecule has 0 saturated carbocycles. The molecule has 0 fully saturated rings. The second-order valence-corrected chi connectivity index (χ2v) is 4.94. The number of thiazole rings is 1. The van der Waals surface area contributed by atoms with Crippen molar-refractivity contribution in [3.8, 4) is 0 Å². The molecule has 1 aromatic heterocycles. The van der Waals surface area contributed by atoms with Crippen LogP contribution in [0.3, 0.4) is 0 Å². The molecule has 1 atom stereocenters. The molecule has 0 bridgehead atoms. The van der Waals surface area contributed by atoms with Crippen molar-refractivity contribution < 1.29 is 9.90 Å². The average Bonchev–Trinajstić information content (AvgIpc) is 2.71. The van der Waals surface area contributed by atoms with E-state index < -0.39 is 6.09 Å². The second-order valence-electron chi connectivity index (χ2n) is 3.36. The summed E-state index contributed by atoms with van der Waals surface area (Å²) in [5.41, 5.74) is 1.79. The van der Waals surface area contributed by atoms with Crippen LogP contribution in [0.4, 0.5) is 4.79 Å². The molecule has 0 aromatic carbocycles. The Kier molecular flexibility index (Phi) is 2.70. The first kappa shape index (κ1) is 10.5. The fraction of sp³-hybridized carbons (Fsp3) is 0.333. The maximum absolute atomic E-state index is 10.9. The first-order valence-electron chi connectivity index (χ1n) is 4.43. The minimum absolute atomic E-state index is 0.0810. The smallest absolute Gasteiger partial charge is 0.408 e. The summed E-state index contributed by atoms with van der Waals surface area (Å²) < 4.78 is 0.701. The van der Waals surface area contributed by atoms with E-state index in [1.54, 1.807) is 0 Å². The van der Waals surface area contributed by atoms with Crippen molar-refractivity contribution in [1.82, 2.24) is 9.88 Å². The van der Waals surface area contributed by atoms with Gasteiger partial charge in [-0.25, -0.2) is 9.78 Å². The molecule has 0 aliphatic carbocycles. The lowest BCUT2D eigenvalue weighted by molar-refractivity contribution is 0.147. The van der Waals surface area contributed by atoms with Crippen LogP contribution in [-0.4, -0.2) is 33.7 Å². The molecule has 2 heterocycles. The summed E-state index contributed by atoms with van der Waals surface area (Å²) in [4.78, 5) is 16.5. The van der Waals surface area contributed by atoms with E-state index in [-0.39, 0.29) is 6.04 Å². The van der Waals surface area contributed by atoms with Crippen LogP contribution in [0.1, 0.15) is 12.6 Å². The van der Waals surface area contributed by atoms with E-state index in [9.17, 15) is 4.79 Å². The molecule has 2 rings (SSSR count). The number of amides is 1. The summed E-state index contributed by atoms with van der Waals surface area (Å²) >= 11 is 5.58. The Bertz CT molecular complexity index is 428. The molecule has 1 aliphatic heterocycles. The third-order valence-corrected chi connectivity index (χ3v) is 3.40. The molecular weight excluding hydrogens is 232 g/mol.